The number of nitrogens with two attached hydrogens (primary N) is 1. The van der Waals surface area contributed by atoms with Gasteiger partial charge in [-0.1, -0.05) is 33.4 Å². The van der Waals surface area contributed by atoms with Gasteiger partial charge in [-0.05, 0) is 76.2 Å². The maximum Gasteiger partial charge on any atom is 0.412 e. The smallest absolute Gasteiger partial charge is 0.412 e. The van der Waals surface area contributed by atoms with E-state index >= 15 is 0 Å². The molecule has 2 amide bonds. The van der Waals surface area contributed by atoms with Crippen LogP contribution in [-0.2, 0) is 4.74 Å². The monoisotopic (exact) mass is 684 g/mol. The zero-order chi connectivity index (χ0) is 36.0. The molecule has 0 bridgehead atoms. The molecule has 0 aromatic heterocycles. The highest BCUT2D eigenvalue weighted by Crippen LogP contribution is 2.41. The number of hydrogen-bond acceptors (Lipinski definition) is 8. The van der Waals surface area contributed by atoms with E-state index in [9.17, 15) is 22.8 Å². The minimum absolute atomic E-state index is 0.0515. The van der Waals surface area contributed by atoms with Gasteiger partial charge in [-0.15, -0.1) is 0 Å². The summed E-state index contributed by atoms with van der Waals surface area (Å²) >= 11 is 0. The summed E-state index contributed by atoms with van der Waals surface area (Å²) in [5.41, 5.74) is 8.80. The van der Waals surface area contributed by atoms with Crippen LogP contribution in [0.2, 0.25) is 0 Å². The number of cyclic esters (lactones) is 1. The maximum absolute atomic E-state index is 13.5. The average Bonchev–Trinajstić information content (AvgIpc) is 3.44. The molecule has 2 saturated heterocycles. The van der Waals surface area contributed by atoms with Crippen molar-refractivity contribution in [2.75, 3.05) is 19.8 Å². The van der Waals surface area contributed by atoms with Gasteiger partial charge in [0, 0.05) is 53.3 Å². The number of piperidine rings is 1. The molecule has 0 spiro atoms. The minimum Gasteiger partial charge on any atom is -0.493 e. The van der Waals surface area contributed by atoms with E-state index in [1.165, 1.54) is 0 Å². The number of nitrogens with zero attached hydrogens (tertiary/aromatic N) is 4. The number of amides is 2. The molecule has 3 unspecified atom stereocenters. The number of nitrogens with one attached hydrogen (secondary N) is 1. The summed E-state index contributed by atoms with van der Waals surface area (Å²) in [6.07, 6.45) is 2.29. The second-order valence-corrected chi connectivity index (χ2v) is 12.6. The molecule has 1 aromatic carbocycles. The number of hydrogen-bond donors (Lipinski definition) is 2. The van der Waals surface area contributed by atoms with E-state index in [4.69, 9.17) is 15.2 Å². The fourth-order valence-corrected chi connectivity index (χ4v) is 5.99. The largest absolute Gasteiger partial charge is 0.493 e. The fraction of sp³-hybridized carbons (Fsp3) is 0.500. The van der Waals surface area contributed by atoms with Crippen LogP contribution in [0.25, 0.3) is 5.57 Å². The Bertz CT molecular complexity index is 1590. The molecular weight excluding hydrogens is 637 g/mol. The topological polar surface area (TPSA) is 122 Å². The predicted octanol–water partition coefficient (Wildman–Crippen LogP) is 7.17. The summed E-state index contributed by atoms with van der Waals surface area (Å²) in [6.45, 7) is 16.1. The quantitative estimate of drug-likeness (QED) is 0.188. The van der Waals surface area contributed by atoms with Gasteiger partial charge in [0.2, 0.25) is 0 Å². The zero-order valence-electron chi connectivity index (χ0n) is 29.1. The molecule has 4 atom stereocenters. The van der Waals surface area contributed by atoms with Crippen molar-refractivity contribution in [1.82, 2.24) is 15.1 Å². The Morgan fingerprint density at radius 3 is 2.63 bits per heavy atom. The molecule has 49 heavy (non-hydrogen) atoms. The Kier molecular flexibility index (Phi) is 12.0. The minimum atomic E-state index is -4.57. The third-order valence-electron chi connectivity index (χ3n) is 9.22. The molecule has 2 fully saturated rings. The van der Waals surface area contributed by atoms with Gasteiger partial charge in [-0.3, -0.25) is 9.79 Å². The normalized spacial score (nSPS) is 22.2. The van der Waals surface area contributed by atoms with Crippen LogP contribution < -0.4 is 15.8 Å². The van der Waals surface area contributed by atoms with E-state index in [-0.39, 0.29) is 53.9 Å². The number of aliphatic imine (C=N–C) groups is 2. The number of fused-ring (bicyclic) bond motifs is 1. The second kappa shape index (κ2) is 15.8. The summed E-state index contributed by atoms with van der Waals surface area (Å²) in [7, 11) is 0. The number of rotatable bonds is 11. The van der Waals surface area contributed by atoms with Crippen LogP contribution in [0, 0.1) is 11.8 Å². The summed E-state index contributed by atoms with van der Waals surface area (Å²) in [5, 5.41) is 2.56. The SMILES string of the molecule is C=C(C1CC[C@H]2COC(=O)N2C1)N1C=CN=C(N)/C1=C(\c1ccc(C(=O)NC(/C=C(\C)C(F)(F)F)=N/C(C)CC)cc1OCC)C(C)CC. The van der Waals surface area contributed by atoms with Crippen molar-refractivity contribution in [3.8, 4) is 5.75 Å². The van der Waals surface area contributed by atoms with E-state index in [1.54, 1.807) is 36.2 Å². The van der Waals surface area contributed by atoms with Crippen molar-refractivity contribution in [1.29, 1.82) is 0 Å². The van der Waals surface area contributed by atoms with E-state index in [0.717, 1.165) is 43.5 Å². The fourth-order valence-electron chi connectivity index (χ4n) is 5.99. The molecule has 266 valence electrons. The Labute approximate surface area is 286 Å². The number of alkyl halides is 3. The van der Waals surface area contributed by atoms with Gasteiger partial charge < -0.3 is 30.3 Å². The van der Waals surface area contributed by atoms with Crippen LogP contribution in [0.5, 0.6) is 5.75 Å². The molecule has 3 heterocycles. The molecular formula is C36H47F3N6O4. The number of carbonyl (C=O) groups excluding carboxylic acids is 2. The average molecular weight is 685 g/mol. The van der Waals surface area contributed by atoms with Gasteiger partial charge in [-0.25, -0.2) is 9.79 Å². The molecule has 0 aliphatic carbocycles. The molecule has 3 aliphatic heterocycles. The number of halogens is 3. The Hall–Kier alpha value is -4.55. The molecule has 13 heteroatoms. The van der Waals surface area contributed by atoms with E-state index in [1.807, 2.05) is 31.9 Å². The Balaban J connectivity index is 1.76. The van der Waals surface area contributed by atoms with Crippen LogP contribution in [-0.4, -0.2) is 71.5 Å². The first-order valence-corrected chi connectivity index (χ1v) is 16.8. The first kappa shape index (κ1) is 37.3. The predicted molar refractivity (Wildman–Crippen MR) is 185 cm³/mol. The van der Waals surface area contributed by atoms with Crippen molar-refractivity contribution in [2.24, 2.45) is 27.6 Å². The maximum atomic E-state index is 13.5. The van der Waals surface area contributed by atoms with Crippen molar-refractivity contribution in [3.63, 3.8) is 0 Å². The van der Waals surface area contributed by atoms with Gasteiger partial charge in [0.05, 0.1) is 18.3 Å². The zero-order valence-corrected chi connectivity index (χ0v) is 29.1. The lowest BCUT2D eigenvalue weighted by Gasteiger charge is -2.39. The molecule has 1 aromatic rings. The number of benzene rings is 1. The number of ether oxygens (including phenoxy) is 2. The van der Waals surface area contributed by atoms with Crippen LogP contribution >= 0.6 is 0 Å². The first-order chi connectivity index (χ1) is 23.2. The van der Waals surface area contributed by atoms with Crippen LogP contribution in [0.15, 0.2) is 70.2 Å². The molecule has 10 nitrogen and oxygen atoms in total. The summed E-state index contributed by atoms with van der Waals surface area (Å²) in [4.78, 5) is 38.3. The highest BCUT2D eigenvalue weighted by atomic mass is 19.4. The first-order valence-electron chi connectivity index (χ1n) is 16.8. The van der Waals surface area contributed by atoms with E-state index in [0.29, 0.717) is 36.6 Å². The van der Waals surface area contributed by atoms with Crippen molar-refractivity contribution < 1.29 is 32.2 Å². The Morgan fingerprint density at radius 1 is 1.24 bits per heavy atom. The lowest BCUT2D eigenvalue weighted by molar-refractivity contribution is -0.0912. The molecule has 3 N–H and O–H groups in total. The highest BCUT2D eigenvalue weighted by Gasteiger charge is 2.40. The van der Waals surface area contributed by atoms with E-state index < -0.39 is 17.7 Å². The third-order valence-corrected chi connectivity index (χ3v) is 9.22. The third kappa shape index (κ3) is 8.55. The standard InChI is InChI=1S/C36H47F3N6O4/c1-8-21(4)31(32-33(40)41-15-16-44(32)24(7)26-11-13-27-20-49-35(47)45(27)19-26)28-14-12-25(18-29(28)48-10-3)34(46)43-30(42-23(6)9-2)17-22(5)36(37,38)39/h12,14-18,21,23,26-27H,7-11,13,19-20H2,1-6H3,(H2,40,41)(H,42,43,46)/b22-17+,32-31+/t21?,23?,26?,27-/m0/s1. The van der Waals surface area contributed by atoms with E-state index in [2.05, 4.69) is 28.8 Å². The number of carbonyl (C=O) groups is 2. The lowest BCUT2D eigenvalue weighted by Crippen LogP contribution is -2.44. The lowest BCUT2D eigenvalue weighted by atomic mass is 9.86. The summed E-state index contributed by atoms with van der Waals surface area (Å²) in [6, 6.07) is 4.69. The molecule has 0 radical (unpaired) electrons. The summed E-state index contributed by atoms with van der Waals surface area (Å²) in [5.74, 6) is -0.250. The molecule has 0 saturated carbocycles. The van der Waals surface area contributed by atoms with Crippen molar-refractivity contribution in [3.05, 3.63) is 71.3 Å². The van der Waals surface area contributed by atoms with Crippen LogP contribution in [0.1, 0.15) is 83.1 Å². The van der Waals surface area contributed by atoms with Crippen molar-refractivity contribution in [2.45, 2.75) is 85.5 Å². The molecule has 3 aliphatic rings. The van der Waals surface area contributed by atoms with Gasteiger partial charge in [-0.2, -0.15) is 13.2 Å². The van der Waals surface area contributed by atoms with Crippen LogP contribution in [0.4, 0.5) is 18.0 Å². The molecule has 4 rings (SSSR count). The highest BCUT2D eigenvalue weighted by molar-refractivity contribution is 6.11. The Morgan fingerprint density at radius 2 is 1.98 bits per heavy atom. The van der Waals surface area contributed by atoms with Crippen molar-refractivity contribution >= 4 is 29.2 Å². The van der Waals surface area contributed by atoms with Gasteiger partial charge in [0.1, 0.15) is 24.0 Å². The summed E-state index contributed by atoms with van der Waals surface area (Å²) < 4.78 is 51.5. The second-order valence-electron chi connectivity index (χ2n) is 12.6. The number of amidine groups is 2. The van der Waals surface area contributed by atoms with Gasteiger partial charge in [0.25, 0.3) is 5.91 Å². The van der Waals surface area contributed by atoms with Crippen LogP contribution in [0.3, 0.4) is 0 Å². The van der Waals surface area contributed by atoms with Gasteiger partial charge >= 0.3 is 12.3 Å². The van der Waals surface area contributed by atoms with Gasteiger partial charge in [0.15, 0.2) is 0 Å². The number of allylic oxidation sites excluding steroid dienone is 2.